The molecule has 1 saturated carbocycles. The maximum absolute atomic E-state index is 14.1. The monoisotopic (exact) mass is 606 g/mol. The largest absolute Gasteiger partial charge is 0.352 e. The molecule has 0 bridgehead atoms. The van der Waals surface area contributed by atoms with Gasteiger partial charge in [0.05, 0.1) is 15.5 Å². The van der Waals surface area contributed by atoms with Crippen LogP contribution < -0.4 is 9.62 Å². The molecule has 0 heterocycles. The Morgan fingerprint density at radius 3 is 2.12 bits per heavy atom. The van der Waals surface area contributed by atoms with Crippen molar-refractivity contribution in [3.05, 3.63) is 101 Å². The van der Waals surface area contributed by atoms with E-state index in [0.29, 0.717) is 12.8 Å². The number of carbonyl (C=O) groups is 2. The summed E-state index contributed by atoms with van der Waals surface area (Å²) in [6, 6.07) is 21.6. The number of nitro benzene ring substituents is 1. The van der Waals surface area contributed by atoms with Gasteiger partial charge >= 0.3 is 0 Å². The van der Waals surface area contributed by atoms with Gasteiger partial charge in [-0.3, -0.25) is 24.0 Å². The first-order chi connectivity index (χ1) is 20.7. The van der Waals surface area contributed by atoms with Crippen LogP contribution in [0.4, 0.5) is 11.4 Å². The zero-order chi connectivity index (χ0) is 30.8. The average molecular weight is 607 g/mol. The molecule has 1 unspecified atom stereocenters. The van der Waals surface area contributed by atoms with Gasteiger partial charge in [-0.2, -0.15) is 0 Å². The van der Waals surface area contributed by atoms with Crippen LogP contribution in [-0.4, -0.2) is 55.2 Å². The lowest BCUT2D eigenvalue weighted by molar-refractivity contribution is -0.384. The molecule has 1 N–H and O–H groups in total. The Balaban J connectivity index is 1.67. The topological polar surface area (TPSA) is 130 Å². The maximum Gasteiger partial charge on any atom is 0.269 e. The summed E-state index contributed by atoms with van der Waals surface area (Å²) in [5, 5.41) is 14.4. The maximum atomic E-state index is 14.1. The fourth-order valence-electron chi connectivity index (χ4n) is 5.43. The number of rotatable bonds is 13. The van der Waals surface area contributed by atoms with E-state index in [9.17, 15) is 28.1 Å². The molecule has 0 spiro atoms. The van der Waals surface area contributed by atoms with Crippen LogP contribution in [0.3, 0.4) is 0 Å². The average Bonchev–Trinajstić information content (AvgIpc) is 3.03. The van der Waals surface area contributed by atoms with Crippen LogP contribution in [-0.2, 0) is 26.0 Å². The summed E-state index contributed by atoms with van der Waals surface area (Å²) in [6.07, 6.45) is 5.83. The van der Waals surface area contributed by atoms with Gasteiger partial charge in [0.15, 0.2) is 0 Å². The van der Waals surface area contributed by atoms with Crippen LogP contribution in [0.2, 0.25) is 0 Å². The van der Waals surface area contributed by atoms with Crippen molar-refractivity contribution in [3.8, 4) is 0 Å². The van der Waals surface area contributed by atoms with E-state index in [2.05, 4.69) is 5.32 Å². The number of hydrogen-bond acceptors (Lipinski definition) is 6. The van der Waals surface area contributed by atoms with Gasteiger partial charge in [0, 0.05) is 24.7 Å². The number of anilines is 1. The molecule has 1 atom stereocenters. The van der Waals surface area contributed by atoms with Crippen molar-refractivity contribution in [1.82, 2.24) is 10.2 Å². The van der Waals surface area contributed by atoms with Gasteiger partial charge in [-0.1, -0.05) is 74.7 Å². The first-order valence-electron chi connectivity index (χ1n) is 14.7. The Hall–Kier alpha value is -4.25. The Kier molecular flexibility index (Phi) is 10.9. The smallest absolute Gasteiger partial charge is 0.269 e. The Bertz CT molecular complexity index is 1480. The van der Waals surface area contributed by atoms with Crippen LogP contribution in [0.1, 0.15) is 51.0 Å². The van der Waals surface area contributed by atoms with E-state index in [4.69, 9.17) is 0 Å². The number of amides is 2. The molecule has 0 aromatic heterocycles. The van der Waals surface area contributed by atoms with E-state index in [0.717, 1.165) is 42.0 Å². The first-order valence-corrected chi connectivity index (χ1v) is 16.1. The first kappa shape index (κ1) is 31.7. The van der Waals surface area contributed by atoms with E-state index in [1.807, 2.05) is 37.3 Å². The van der Waals surface area contributed by atoms with Crippen molar-refractivity contribution >= 4 is 33.2 Å². The number of hydrogen-bond donors (Lipinski definition) is 1. The summed E-state index contributed by atoms with van der Waals surface area (Å²) in [5.41, 5.74) is 0.875. The third-order valence-electron chi connectivity index (χ3n) is 7.78. The number of nitro groups is 1. The molecular formula is C32H38N4O6S. The van der Waals surface area contributed by atoms with Crippen LogP contribution >= 0.6 is 0 Å². The number of nitrogens with zero attached hydrogens (tertiary/aromatic N) is 3. The van der Waals surface area contributed by atoms with Gasteiger partial charge in [-0.05, 0) is 55.5 Å². The minimum Gasteiger partial charge on any atom is -0.352 e. The fraction of sp³-hybridized carbons (Fsp3) is 0.375. The highest BCUT2D eigenvalue weighted by Gasteiger charge is 2.34. The molecular weight excluding hydrogens is 568 g/mol. The Labute approximate surface area is 252 Å². The van der Waals surface area contributed by atoms with Crippen LogP contribution in [0.25, 0.3) is 0 Å². The van der Waals surface area contributed by atoms with Crippen LogP contribution in [0, 0.1) is 10.1 Å². The second kappa shape index (κ2) is 14.8. The highest BCUT2D eigenvalue weighted by molar-refractivity contribution is 7.92. The molecule has 2 amide bonds. The third kappa shape index (κ3) is 8.19. The minimum absolute atomic E-state index is 0.0286. The number of non-ortho nitro benzene ring substituents is 1. The molecule has 11 heteroatoms. The summed E-state index contributed by atoms with van der Waals surface area (Å²) in [5.74, 6) is -0.789. The molecule has 3 aromatic rings. The summed E-state index contributed by atoms with van der Waals surface area (Å²) in [6.45, 7) is 1.46. The molecule has 10 nitrogen and oxygen atoms in total. The van der Waals surface area contributed by atoms with Gasteiger partial charge in [0.1, 0.15) is 12.6 Å². The van der Waals surface area contributed by atoms with E-state index in [1.54, 1.807) is 18.2 Å². The lowest BCUT2D eigenvalue weighted by atomic mass is 9.95. The van der Waals surface area contributed by atoms with Crippen molar-refractivity contribution in [1.29, 1.82) is 0 Å². The van der Waals surface area contributed by atoms with Crippen molar-refractivity contribution in [2.45, 2.75) is 68.8 Å². The van der Waals surface area contributed by atoms with Crippen LogP contribution in [0.15, 0.2) is 89.8 Å². The van der Waals surface area contributed by atoms with Gasteiger partial charge in [0.2, 0.25) is 11.8 Å². The van der Waals surface area contributed by atoms with E-state index >= 15 is 0 Å². The van der Waals surface area contributed by atoms with Crippen molar-refractivity contribution in [2.24, 2.45) is 0 Å². The second-order valence-electron chi connectivity index (χ2n) is 10.7. The molecule has 0 saturated heterocycles. The molecule has 3 aromatic carbocycles. The molecule has 1 fully saturated rings. The van der Waals surface area contributed by atoms with Gasteiger partial charge in [0.25, 0.3) is 15.7 Å². The Morgan fingerprint density at radius 1 is 0.930 bits per heavy atom. The van der Waals surface area contributed by atoms with Crippen molar-refractivity contribution in [3.63, 3.8) is 0 Å². The quantitative estimate of drug-likeness (QED) is 0.213. The normalized spacial score (nSPS) is 14.4. The highest BCUT2D eigenvalue weighted by atomic mass is 32.2. The van der Waals surface area contributed by atoms with Crippen molar-refractivity contribution < 1.29 is 22.9 Å². The predicted octanol–water partition coefficient (Wildman–Crippen LogP) is 5.09. The fourth-order valence-corrected chi connectivity index (χ4v) is 6.86. The zero-order valence-electron chi connectivity index (χ0n) is 24.3. The number of nitrogens with one attached hydrogen (secondary N) is 1. The molecule has 1 aliphatic rings. The standard InChI is InChI=1S/C32H38N4O6S/c1-2-30(32(38)33-26-14-8-4-9-15-26)34(23-22-25-12-6-3-7-13-25)31(37)24-35(27-18-20-28(21-19-27)36(39)40)43(41,42)29-16-10-5-11-17-29/h3,5-7,10-13,16-21,26,30H,2,4,8-9,14-15,22-24H2,1H3,(H,33,38). The lowest BCUT2D eigenvalue weighted by Crippen LogP contribution is -2.54. The molecule has 1 aliphatic carbocycles. The zero-order valence-corrected chi connectivity index (χ0v) is 25.1. The highest BCUT2D eigenvalue weighted by Crippen LogP contribution is 2.27. The van der Waals surface area contributed by atoms with E-state index in [-0.39, 0.29) is 34.8 Å². The number of sulfonamides is 1. The number of benzene rings is 3. The van der Waals surface area contributed by atoms with Gasteiger partial charge in [-0.15, -0.1) is 0 Å². The summed E-state index contributed by atoms with van der Waals surface area (Å²) < 4.78 is 28.7. The lowest BCUT2D eigenvalue weighted by Gasteiger charge is -2.34. The molecule has 0 radical (unpaired) electrons. The second-order valence-corrected chi connectivity index (χ2v) is 12.6. The van der Waals surface area contributed by atoms with E-state index in [1.165, 1.54) is 41.3 Å². The summed E-state index contributed by atoms with van der Waals surface area (Å²) in [4.78, 5) is 39.8. The molecule has 4 rings (SSSR count). The summed E-state index contributed by atoms with van der Waals surface area (Å²) >= 11 is 0. The molecule has 0 aliphatic heterocycles. The summed E-state index contributed by atoms with van der Waals surface area (Å²) in [7, 11) is -4.24. The SMILES string of the molecule is CCC(C(=O)NC1CCCCC1)N(CCc1ccccc1)C(=O)CN(c1ccc([N+](=O)[O-])cc1)S(=O)(=O)c1ccccc1. The Morgan fingerprint density at radius 2 is 1.53 bits per heavy atom. The van der Waals surface area contributed by atoms with Gasteiger partial charge in [-0.25, -0.2) is 8.42 Å². The minimum atomic E-state index is -4.24. The number of carbonyl (C=O) groups excluding carboxylic acids is 2. The van der Waals surface area contributed by atoms with Gasteiger partial charge < -0.3 is 10.2 Å². The van der Waals surface area contributed by atoms with E-state index < -0.39 is 33.4 Å². The predicted molar refractivity (Wildman–Crippen MR) is 165 cm³/mol. The molecule has 43 heavy (non-hydrogen) atoms. The van der Waals surface area contributed by atoms with Crippen molar-refractivity contribution in [2.75, 3.05) is 17.4 Å². The molecule has 228 valence electrons. The van der Waals surface area contributed by atoms with Crippen LogP contribution in [0.5, 0.6) is 0 Å². The third-order valence-corrected chi connectivity index (χ3v) is 9.57.